The third-order valence-electron chi connectivity index (χ3n) is 4.61. The van der Waals surface area contributed by atoms with Gasteiger partial charge in [0.15, 0.2) is 0 Å². The fourth-order valence-corrected chi connectivity index (χ4v) is 3.15. The van der Waals surface area contributed by atoms with Crippen molar-refractivity contribution in [1.29, 1.82) is 0 Å². The molecule has 2 heterocycles. The Labute approximate surface area is 144 Å². The standard InChI is InChI=1S/C19H27N5/c1-14(2)22-18-12-19(21-13-20-18)24-10-8-23(9-11-24)17-7-5-6-15(3)16(17)4/h5-7,12-14H,8-11H2,1-4H3,(H,20,21,22). The number of nitrogens with one attached hydrogen (secondary N) is 1. The van der Waals surface area contributed by atoms with Crippen LogP contribution in [0.5, 0.6) is 0 Å². The van der Waals surface area contributed by atoms with E-state index in [0.717, 1.165) is 37.8 Å². The first-order valence-corrected chi connectivity index (χ1v) is 8.69. The minimum Gasteiger partial charge on any atom is -0.368 e. The normalized spacial score (nSPS) is 15.0. The summed E-state index contributed by atoms with van der Waals surface area (Å²) in [4.78, 5) is 13.6. The topological polar surface area (TPSA) is 44.3 Å². The summed E-state index contributed by atoms with van der Waals surface area (Å²) in [6.45, 7) is 12.6. The first kappa shape index (κ1) is 16.6. The Bertz CT molecular complexity index is 690. The van der Waals surface area contributed by atoms with Crippen LogP contribution >= 0.6 is 0 Å². The van der Waals surface area contributed by atoms with Crippen molar-refractivity contribution in [3.63, 3.8) is 0 Å². The predicted molar refractivity (Wildman–Crippen MR) is 101 cm³/mol. The van der Waals surface area contributed by atoms with Crippen molar-refractivity contribution in [3.05, 3.63) is 41.7 Å². The molecule has 5 nitrogen and oxygen atoms in total. The van der Waals surface area contributed by atoms with Crippen molar-refractivity contribution in [1.82, 2.24) is 9.97 Å². The van der Waals surface area contributed by atoms with Crippen molar-refractivity contribution >= 4 is 17.3 Å². The van der Waals surface area contributed by atoms with Gasteiger partial charge in [0.25, 0.3) is 0 Å². The lowest BCUT2D eigenvalue weighted by molar-refractivity contribution is 0.645. The number of aryl methyl sites for hydroxylation is 1. The number of aromatic nitrogens is 2. The van der Waals surface area contributed by atoms with Crippen LogP contribution in [0.4, 0.5) is 17.3 Å². The molecule has 3 rings (SSSR count). The number of rotatable bonds is 4. The van der Waals surface area contributed by atoms with Gasteiger partial charge in [0.2, 0.25) is 0 Å². The van der Waals surface area contributed by atoms with Gasteiger partial charge in [0.1, 0.15) is 18.0 Å². The summed E-state index contributed by atoms with van der Waals surface area (Å²) in [5, 5.41) is 3.34. The number of hydrogen-bond donors (Lipinski definition) is 1. The van der Waals surface area contributed by atoms with Crippen molar-refractivity contribution in [2.45, 2.75) is 33.7 Å². The Morgan fingerprint density at radius 1 is 1.00 bits per heavy atom. The number of anilines is 3. The lowest BCUT2D eigenvalue weighted by Crippen LogP contribution is -2.47. The zero-order chi connectivity index (χ0) is 17.1. The summed E-state index contributed by atoms with van der Waals surface area (Å²) in [7, 11) is 0. The molecule has 0 spiro atoms. The van der Waals surface area contributed by atoms with E-state index in [-0.39, 0.29) is 0 Å². The molecule has 0 aliphatic carbocycles. The van der Waals surface area contributed by atoms with E-state index in [4.69, 9.17) is 0 Å². The molecule has 0 radical (unpaired) electrons. The molecule has 2 aromatic rings. The molecule has 0 amide bonds. The molecule has 0 unspecified atom stereocenters. The number of piperazine rings is 1. The number of hydrogen-bond acceptors (Lipinski definition) is 5. The number of nitrogens with zero attached hydrogens (tertiary/aromatic N) is 4. The highest BCUT2D eigenvalue weighted by molar-refractivity contribution is 5.57. The highest BCUT2D eigenvalue weighted by Gasteiger charge is 2.20. The highest BCUT2D eigenvalue weighted by Crippen LogP contribution is 2.25. The largest absolute Gasteiger partial charge is 0.368 e. The summed E-state index contributed by atoms with van der Waals surface area (Å²) >= 11 is 0. The molecule has 1 N–H and O–H groups in total. The summed E-state index contributed by atoms with van der Waals surface area (Å²) < 4.78 is 0. The fourth-order valence-electron chi connectivity index (χ4n) is 3.15. The molecular weight excluding hydrogens is 298 g/mol. The zero-order valence-electron chi connectivity index (χ0n) is 15.1. The van der Waals surface area contributed by atoms with Gasteiger partial charge in [-0.1, -0.05) is 12.1 Å². The van der Waals surface area contributed by atoms with Crippen LogP contribution in [0, 0.1) is 13.8 Å². The molecule has 1 aliphatic heterocycles. The van der Waals surface area contributed by atoms with Gasteiger partial charge < -0.3 is 15.1 Å². The first-order valence-electron chi connectivity index (χ1n) is 8.69. The molecule has 0 atom stereocenters. The molecule has 1 fully saturated rings. The van der Waals surface area contributed by atoms with Crippen molar-refractivity contribution in [2.75, 3.05) is 41.3 Å². The van der Waals surface area contributed by atoms with Gasteiger partial charge >= 0.3 is 0 Å². The van der Waals surface area contributed by atoms with Crippen LogP contribution in [0.1, 0.15) is 25.0 Å². The smallest absolute Gasteiger partial charge is 0.134 e. The summed E-state index contributed by atoms with van der Waals surface area (Å²) in [6.07, 6.45) is 1.65. The Morgan fingerprint density at radius 2 is 1.71 bits per heavy atom. The molecule has 1 aromatic carbocycles. The quantitative estimate of drug-likeness (QED) is 0.935. The second-order valence-corrected chi connectivity index (χ2v) is 6.75. The molecule has 0 saturated carbocycles. The van der Waals surface area contributed by atoms with Crippen LogP contribution in [0.15, 0.2) is 30.6 Å². The lowest BCUT2D eigenvalue weighted by Gasteiger charge is -2.37. The van der Waals surface area contributed by atoms with E-state index in [1.54, 1.807) is 6.33 Å². The van der Waals surface area contributed by atoms with Gasteiger partial charge in [0.05, 0.1) is 0 Å². The monoisotopic (exact) mass is 325 g/mol. The van der Waals surface area contributed by atoms with Gasteiger partial charge in [-0.2, -0.15) is 0 Å². The number of benzene rings is 1. The van der Waals surface area contributed by atoms with E-state index < -0.39 is 0 Å². The van der Waals surface area contributed by atoms with Crippen LogP contribution in [0.25, 0.3) is 0 Å². The fraction of sp³-hybridized carbons (Fsp3) is 0.474. The Balaban J connectivity index is 1.68. The highest BCUT2D eigenvalue weighted by atomic mass is 15.3. The van der Waals surface area contributed by atoms with Crippen molar-refractivity contribution in [3.8, 4) is 0 Å². The van der Waals surface area contributed by atoms with Crippen LogP contribution < -0.4 is 15.1 Å². The van der Waals surface area contributed by atoms with Crippen LogP contribution in [0.2, 0.25) is 0 Å². The second-order valence-electron chi connectivity index (χ2n) is 6.75. The van der Waals surface area contributed by atoms with Crippen LogP contribution in [-0.2, 0) is 0 Å². The van der Waals surface area contributed by atoms with Crippen LogP contribution in [0.3, 0.4) is 0 Å². The SMILES string of the molecule is Cc1cccc(N2CCN(c3cc(NC(C)C)ncn3)CC2)c1C. The maximum atomic E-state index is 4.46. The summed E-state index contributed by atoms with van der Waals surface area (Å²) in [5.74, 6) is 1.90. The maximum absolute atomic E-state index is 4.46. The van der Waals surface area contributed by atoms with Crippen LogP contribution in [-0.4, -0.2) is 42.2 Å². The van der Waals surface area contributed by atoms with Gasteiger partial charge in [-0.25, -0.2) is 9.97 Å². The third-order valence-corrected chi connectivity index (χ3v) is 4.61. The lowest BCUT2D eigenvalue weighted by atomic mass is 10.1. The average molecular weight is 325 g/mol. The van der Waals surface area contributed by atoms with Crippen molar-refractivity contribution < 1.29 is 0 Å². The molecule has 1 saturated heterocycles. The van der Waals surface area contributed by atoms with E-state index in [1.807, 2.05) is 6.07 Å². The molecule has 5 heteroatoms. The third kappa shape index (κ3) is 3.61. The summed E-state index contributed by atoms with van der Waals surface area (Å²) in [6, 6.07) is 8.98. The van der Waals surface area contributed by atoms with E-state index in [9.17, 15) is 0 Å². The Kier molecular flexibility index (Phi) is 4.88. The summed E-state index contributed by atoms with van der Waals surface area (Å²) in [5.41, 5.74) is 4.10. The molecule has 0 bridgehead atoms. The minimum atomic E-state index is 0.369. The average Bonchev–Trinajstić information content (AvgIpc) is 2.57. The molecule has 1 aliphatic rings. The van der Waals surface area contributed by atoms with Gasteiger partial charge in [-0.3, -0.25) is 0 Å². The molecular formula is C19H27N5. The molecule has 1 aromatic heterocycles. The minimum absolute atomic E-state index is 0.369. The molecule has 24 heavy (non-hydrogen) atoms. The van der Waals surface area contributed by atoms with E-state index in [0.29, 0.717) is 6.04 Å². The predicted octanol–water partition coefficient (Wildman–Crippen LogP) is 3.24. The Hall–Kier alpha value is -2.30. The Morgan fingerprint density at radius 3 is 2.42 bits per heavy atom. The van der Waals surface area contributed by atoms with E-state index in [2.05, 4.69) is 71.0 Å². The second kappa shape index (κ2) is 7.07. The van der Waals surface area contributed by atoms with E-state index >= 15 is 0 Å². The zero-order valence-corrected chi connectivity index (χ0v) is 15.1. The van der Waals surface area contributed by atoms with E-state index in [1.165, 1.54) is 16.8 Å². The van der Waals surface area contributed by atoms with Crippen molar-refractivity contribution in [2.24, 2.45) is 0 Å². The first-order chi connectivity index (χ1) is 11.5. The maximum Gasteiger partial charge on any atom is 0.134 e. The molecule has 128 valence electrons. The van der Waals surface area contributed by atoms with Gasteiger partial charge in [-0.05, 0) is 44.9 Å². The van der Waals surface area contributed by atoms with Gasteiger partial charge in [0, 0.05) is 44.0 Å². The van der Waals surface area contributed by atoms with Gasteiger partial charge in [-0.15, -0.1) is 0 Å².